The Bertz CT molecular complexity index is 868. The highest BCUT2D eigenvalue weighted by Crippen LogP contribution is 2.27. The Labute approximate surface area is 239 Å². The van der Waals surface area contributed by atoms with Gasteiger partial charge >= 0.3 is 0 Å². The van der Waals surface area contributed by atoms with Gasteiger partial charge in [0.15, 0.2) is 0 Å². The van der Waals surface area contributed by atoms with E-state index in [1.807, 2.05) is 36.4 Å². The summed E-state index contributed by atoms with van der Waals surface area (Å²) in [6.45, 7) is 3.99. The van der Waals surface area contributed by atoms with E-state index in [0.29, 0.717) is 36.9 Å². The van der Waals surface area contributed by atoms with Gasteiger partial charge in [0.1, 0.15) is 32.9 Å². The van der Waals surface area contributed by atoms with Crippen molar-refractivity contribution in [1.29, 1.82) is 0 Å². The van der Waals surface area contributed by atoms with E-state index >= 15 is 0 Å². The minimum absolute atomic E-state index is 0.433. The third-order valence-electron chi connectivity index (χ3n) is 5.40. The predicted molar refractivity (Wildman–Crippen MR) is 156 cm³/mol. The Morgan fingerprint density at radius 2 is 1.18 bits per heavy atom. The Morgan fingerprint density at radius 3 is 1.61 bits per heavy atom. The molecular weight excluding hydrogens is 708 g/mol. The molecular formula is C22H31Cl3I2N6. The van der Waals surface area contributed by atoms with Gasteiger partial charge in [-0.05, 0) is 70.9 Å². The number of hydrogen-bond donors (Lipinski definition) is 2. The van der Waals surface area contributed by atoms with E-state index in [0.717, 1.165) is 28.1 Å². The maximum Gasteiger partial charge on any atom is 0.148 e. The fourth-order valence-electron chi connectivity index (χ4n) is 3.53. The second-order valence-corrected chi connectivity index (χ2v) is 11.2. The molecule has 0 saturated heterocycles. The third-order valence-corrected chi connectivity index (χ3v) is 9.22. The zero-order valence-corrected chi connectivity index (χ0v) is 25.6. The lowest BCUT2D eigenvalue weighted by molar-refractivity contribution is 0.704. The first-order chi connectivity index (χ1) is 15.7. The number of nitrogens with two attached hydrogens (primary N) is 1. The lowest BCUT2D eigenvalue weighted by Crippen LogP contribution is -2.17. The van der Waals surface area contributed by atoms with Gasteiger partial charge < -0.3 is 11.1 Å². The van der Waals surface area contributed by atoms with Gasteiger partial charge in [0.2, 0.25) is 0 Å². The van der Waals surface area contributed by atoms with Crippen LogP contribution >= 0.6 is 80.0 Å². The van der Waals surface area contributed by atoms with Gasteiger partial charge in [0, 0.05) is 24.9 Å². The van der Waals surface area contributed by atoms with Crippen molar-refractivity contribution in [2.45, 2.75) is 90.1 Å². The molecule has 0 unspecified atom stereocenters. The molecule has 0 aliphatic heterocycles. The number of nitrogens with zero attached hydrogens (tertiary/aromatic N) is 4. The largest absolute Gasteiger partial charge is 0.366 e. The van der Waals surface area contributed by atoms with Crippen LogP contribution in [0.5, 0.6) is 0 Å². The molecule has 2 saturated carbocycles. The minimum atomic E-state index is 0.433. The Morgan fingerprint density at radius 1 is 0.758 bits per heavy atom. The van der Waals surface area contributed by atoms with Crippen molar-refractivity contribution in [1.82, 2.24) is 19.9 Å². The first-order valence-electron chi connectivity index (χ1n) is 11.4. The van der Waals surface area contributed by atoms with E-state index in [1.54, 1.807) is 0 Å². The first-order valence-corrected chi connectivity index (χ1v) is 14.7. The Kier molecular flexibility index (Phi) is 13.7. The third kappa shape index (κ3) is 10.0. The van der Waals surface area contributed by atoms with Crippen LogP contribution in [0.1, 0.15) is 76.9 Å². The van der Waals surface area contributed by atoms with E-state index < -0.39 is 0 Å². The molecule has 6 nitrogen and oxygen atoms in total. The quantitative estimate of drug-likeness (QED) is 0.250. The number of aryl methyl sites for hydroxylation is 2. The summed E-state index contributed by atoms with van der Waals surface area (Å²) in [4.78, 5) is 16.8. The van der Waals surface area contributed by atoms with Crippen LogP contribution in [0.25, 0.3) is 0 Å². The van der Waals surface area contributed by atoms with Crippen LogP contribution in [0.4, 0.5) is 5.82 Å². The van der Waals surface area contributed by atoms with Gasteiger partial charge in [-0.1, -0.05) is 74.3 Å². The van der Waals surface area contributed by atoms with Crippen LogP contribution in [0.3, 0.4) is 0 Å². The van der Waals surface area contributed by atoms with Crippen molar-refractivity contribution in [2.75, 3.05) is 5.32 Å². The normalized spacial score (nSPS) is 16.1. The van der Waals surface area contributed by atoms with Gasteiger partial charge in [0.25, 0.3) is 0 Å². The van der Waals surface area contributed by atoms with Crippen molar-refractivity contribution in [3.8, 4) is 0 Å². The fraction of sp³-hybridized carbons (Fsp3) is 0.636. The van der Waals surface area contributed by atoms with E-state index in [9.17, 15) is 0 Å². The average Bonchev–Trinajstić information content (AvgIpc) is 3.49. The summed E-state index contributed by atoms with van der Waals surface area (Å²) in [5.74, 6) is 2.40. The molecule has 0 spiro atoms. The molecule has 2 aliphatic carbocycles. The maximum absolute atomic E-state index is 6.08. The monoisotopic (exact) mass is 738 g/mol. The molecule has 0 bridgehead atoms. The van der Waals surface area contributed by atoms with Crippen molar-refractivity contribution >= 4 is 85.8 Å². The number of anilines is 1. The SMILES string of the molecule is CCc1nc(Cl)c(I)c(Cl)n1.CCc1nc(Cl)c(I)c(NC2CCCC2)n1.NC1CCCC1. The molecule has 33 heavy (non-hydrogen) atoms. The van der Waals surface area contributed by atoms with Crippen LogP contribution < -0.4 is 11.1 Å². The number of rotatable bonds is 4. The summed E-state index contributed by atoms with van der Waals surface area (Å²) in [5.41, 5.74) is 5.53. The standard InChI is InChI=1S/C11H15ClIN3.C6H5Cl2IN2.C5H11N/c1-2-8-15-10(12)9(13)11(16-8)14-7-5-3-4-6-7;1-2-3-10-5(7)4(9)6(8)11-3;6-5-3-1-2-4-5/h7H,2-6H2,1H3,(H,14,15,16);2H2,1H3;5H,1-4,6H2. The van der Waals surface area contributed by atoms with Crippen molar-refractivity contribution in [3.63, 3.8) is 0 Å². The molecule has 0 aromatic carbocycles. The van der Waals surface area contributed by atoms with E-state index in [4.69, 9.17) is 40.5 Å². The summed E-state index contributed by atoms with van der Waals surface area (Å²) < 4.78 is 1.64. The maximum atomic E-state index is 6.08. The van der Waals surface area contributed by atoms with Crippen LogP contribution in [0.15, 0.2) is 0 Å². The zero-order valence-electron chi connectivity index (χ0n) is 19.0. The van der Waals surface area contributed by atoms with E-state index in [1.165, 1.54) is 51.4 Å². The lowest BCUT2D eigenvalue weighted by atomic mass is 10.2. The van der Waals surface area contributed by atoms with E-state index in [-0.39, 0.29) is 0 Å². The topological polar surface area (TPSA) is 89.6 Å². The molecule has 2 aromatic rings. The van der Waals surface area contributed by atoms with Crippen LogP contribution in [0, 0.1) is 7.14 Å². The number of nitrogens with one attached hydrogen (secondary N) is 1. The molecule has 11 heteroatoms. The summed E-state index contributed by atoms with van der Waals surface area (Å²) in [7, 11) is 0. The summed E-state index contributed by atoms with van der Waals surface area (Å²) in [5, 5.41) is 4.91. The number of halogens is 5. The molecule has 3 N–H and O–H groups in total. The molecule has 2 fully saturated rings. The molecule has 4 rings (SSSR count). The molecule has 2 aromatic heterocycles. The van der Waals surface area contributed by atoms with Gasteiger partial charge in [-0.2, -0.15) is 0 Å². The molecule has 0 atom stereocenters. The van der Waals surface area contributed by atoms with Crippen LogP contribution in [-0.2, 0) is 12.8 Å². The fourth-order valence-corrected chi connectivity index (χ4v) is 4.78. The second-order valence-electron chi connectivity index (χ2n) is 8.01. The summed E-state index contributed by atoms with van der Waals surface area (Å²) >= 11 is 21.8. The van der Waals surface area contributed by atoms with Crippen molar-refractivity contribution in [2.24, 2.45) is 5.73 Å². The average molecular weight is 740 g/mol. The van der Waals surface area contributed by atoms with E-state index in [2.05, 4.69) is 47.8 Å². The zero-order chi connectivity index (χ0) is 24.4. The summed E-state index contributed by atoms with van der Waals surface area (Å²) in [6.07, 6.45) is 11.9. The Balaban J connectivity index is 0.000000195. The highest BCUT2D eigenvalue weighted by atomic mass is 127. The first kappa shape index (κ1) is 29.5. The minimum Gasteiger partial charge on any atom is -0.366 e. The molecule has 184 valence electrons. The van der Waals surface area contributed by atoms with Crippen LogP contribution in [0.2, 0.25) is 15.5 Å². The van der Waals surface area contributed by atoms with Crippen molar-refractivity contribution < 1.29 is 0 Å². The van der Waals surface area contributed by atoms with Gasteiger partial charge in [0.05, 0.1) is 7.14 Å². The number of aromatic nitrogens is 4. The molecule has 2 heterocycles. The van der Waals surface area contributed by atoms with Crippen LogP contribution in [-0.4, -0.2) is 32.0 Å². The molecule has 0 amide bonds. The predicted octanol–water partition coefficient (Wildman–Crippen LogP) is 7.49. The van der Waals surface area contributed by atoms with Gasteiger partial charge in [-0.15, -0.1) is 0 Å². The second kappa shape index (κ2) is 15.4. The smallest absolute Gasteiger partial charge is 0.148 e. The van der Waals surface area contributed by atoms with Gasteiger partial charge in [-0.25, -0.2) is 19.9 Å². The number of hydrogen-bond acceptors (Lipinski definition) is 6. The molecule has 2 aliphatic rings. The van der Waals surface area contributed by atoms with Gasteiger partial charge in [-0.3, -0.25) is 0 Å². The molecule has 0 radical (unpaired) electrons. The van der Waals surface area contributed by atoms with Crippen molar-refractivity contribution in [3.05, 3.63) is 34.2 Å². The summed E-state index contributed by atoms with van der Waals surface area (Å²) in [6, 6.07) is 1.11. The highest BCUT2D eigenvalue weighted by molar-refractivity contribution is 14.1. The highest BCUT2D eigenvalue weighted by Gasteiger charge is 2.18. The Hall–Kier alpha value is 0.250. The lowest BCUT2D eigenvalue weighted by Gasteiger charge is -2.15.